The van der Waals surface area contributed by atoms with Crippen molar-refractivity contribution in [2.24, 2.45) is 0 Å². The highest BCUT2D eigenvalue weighted by atomic mass is 19.4. The number of carbonyl (C=O) groups excluding carboxylic acids is 1. The molecule has 0 saturated carbocycles. The average Bonchev–Trinajstić information content (AvgIpc) is 3.13. The van der Waals surface area contributed by atoms with Gasteiger partial charge in [-0.3, -0.25) is 9.89 Å². The lowest BCUT2D eigenvalue weighted by molar-refractivity contribution is -0.137. The lowest BCUT2D eigenvalue weighted by Crippen LogP contribution is -2.13. The van der Waals surface area contributed by atoms with Gasteiger partial charge in [-0.2, -0.15) is 18.3 Å². The van der Waals surface area contributed by atoms with Crippen LogP contribution in [-0.4, -0.2) is 16.1 Å². The predicted molar refractivity (Wildman–Crippen MR) is 112 cm³/mol. The number of rotatable bonds is 2. The number of anilines is 2. The Balaban J connectivity index is 1.57. The number of nitrogen functional groups attached to an aromatic ring is 1. The van der Waals surface area contributed by atoms with E-state index < -0.39 is 17.6 Å². The smallest absolute Gasteiger partial charge is 0.382 e. The van der Waals surface area contributed by atoms with Crippen LogP contribution in [0.3, 0.4) is 0 Å². The van der Waals surface area contributed by atoms with Gasteiger partial charge in [0, 0.05) is 22.4 Å². The molecule has 3 aromatic carbocycles. The monoisotopic (exact) mass is 420 g/mol. The van der Waals surface area contributed by atoms with E-state index in [4.69, 9.17) is 5.73 Å². The average molecular weight is 420 g/mol. The van der Waals surface area contributed by atoms with Crippen molar-refractivity contribution >= 4 is 28.3 Å². The van der Waals surface area contributed by atoms with E-state index in [0.717, 1.165) is 17.6 Å². The van der Waals surface area contributed by atoms with Gasteiger partial charge in [0.15, 0.2) is 5.82 Å². The Kier molecular flexibility index (Phi) is 5.09. The number of hydrogen-bond acceptors (Lipinski definition) is 3. The van der Waals surface area contributed by atoms with Crippen molar-refractivity contribution in [1.29, 1.82) is 0 Å². The molecule has 5 nitrogen and oxygen atoms in total. The van der Waals surface area contributed by atoms with Crippen LogP contribution in [0.4, 0.5) is 24.7 Å². The third kappa shape index (κ3) is 4.36. The molecule has 154 valence electrons. The Hall–Kier alpha value is -4.25. The van der Waals surface area contributed by atoms with Gasteiger partial charge in [0.05, 0.1) is 16.5 Å². The van der Waals surface area contributed by atoms with Crippen LogP contribution in [0.15, 0.2) is 66.7 Å². The standard InChI is InChI=1S/C23H15F3N4O/c24-23(25,26)17-7-3-8-18(13-17)28-22(31)16-6-1-4-14(12-16)10-11-15-5-2-9-19-20(15)21(27)30-29-19/h1-9,12-13H,(H,28,31)(H3,27,29,30). The minimum Gasteiger partial charge on any atom is -0.382 e. The molecule has 0 aliphatic carbocycles. The van der Waals surface area contributed by atoms with E-state index in [1.807, 2.05) is 18.2 Å². The summed E-state index contributed by atoms with van der Waals surface area (Å²) >= 11 is 0. The highest BCUT2D eigenvalue weighted by Gasteiger charge is 2.30. The second-order valence-corrected chi connectivity index (χ2v) is 6.70. The van der Waals surface area contributed by atoms with Gasteiger partial charge in [-0.25, -0.2) is 0 Å². The summed E-state index contributed by atoms with van der Waals surface area (Å²) in [4.78, 5) is 12.5. The molecule has 0 saturated heterocycles. The molecule has 0 atom stereocenters. The lowest BCUT2D eigenvalue weighted by atomic mass is 10.1. The summed E-state index contributed by atoms with van der Waals surface area (Å²) in [6, 6.07) is 16.4. The molecule has 1 heterocycles. The molecule has 0 aliphatic heterocycles. The molecule has 0 bridgehead atoms. The van der Waals surface area contributed by atoms with E-state index in [0.29, 0.717) is 22.3 Å². The first-order valence-electron chi connectivity index (χ1n) is 9.14. The number of amides is 1. The summed E-state index contributed by atoms with van der Waals surface area (Å²) in [5.74, 6) is 5.81. The van der Waals surface area contributed by atoms with E-state index >= 15 is 0 Å². The largest absolute Gasteiger partial charge is 0.416 e. The first-order valence-corrected chi connectivity index (χ1v) is 9.14. The Labute approximate surface area is 175 Å². The fraction of sp³-hybridized carbons (Fsp3) is 0.0435. The van der Waals surface area contributed by atoms with Crippen molar-refractivity contribution in [2.45, 2.75) is 6.18 Å². The maximum Gasteiger partial charge on any atom is 0.416 e. The molecule has 0 radical (unpaired) electrons. The molecule has 4 aromatic rings. The van der Waals surface area contributed by atoms with Gasteiger partial charge in [0.2, 0.25) is 0 Å². The normalized spacial score (nSPS) is 11.1. The first kappa shape index (κ1) is 20.0. The maximum atomic E-state index is 12.9. The molecule has 4 N–H and O–H groups in total. The van der Waals surface area contributed by atoms with Crippen molar-refractivity contribution in [2.75, 3.05) is 11.1 Å². The minimum atomic E-state index is -4.49. The molecule has 31 heavy (non-hydrogen) atoms. The number of aromatic amines is 1. The second kappa shape index (κ2) is 7.88. The van der Waals surface area contributed by atoms with E-state index in [-0.39, 0.29) is 11.3 Å². The molecule has 0 spiro atoms. The Morgan fingerprint density at radius 2 is 1.77 bits per heavy atom. The summed E-state index contributed by atoms with van der Waals surface area (Å²) < 4.78 is 38.6. The number of carbonyl (C=O) groups is 1. The van der Waals surface area contributed by atoms with Crippen LogP contribution in [0.2, 0.25) is 0 Å². The van der Waals surface area contributed by atoms with Crippen molar-refractivity contribution in [1.82, 2.24) is 10.2 Å². The van der Waals surface area contributed by atoms with Crippen molar-refractivity contribution < 1.29 is 18.0 Å². The Morgan fingerprint density at radius 3 is 2.58 bits per heavy atom. The number of nitrogens with one attached hydrogen (secondary N) is 2. The number of aromatic nitrogens is 2. The Morgan fingerprint density at radius 1 is 1.00 bits per heavy atom. The molecular formula is C23H15F3N4O. The van der Waals surface area contributed by atoms with Gasteiger partial charge >= 0.3 is 6.18 Å². The Bertz CT molecular complexity index is 1350. The van der Waals surface area contributed by atoms with Crippen LogP contribution in [0.25, 0.3) is 10.9 Å². The summed E-state index contributed by atoms with van der Waals surface area (Å²) in [6.45, 7) is 0. The first-order chi connectivity index (χ1) is 14.8. The third-order valence-electron chi connectivity index (χ3n) is 4.53. The summed E-state index contributed by atoms with van der Waals surface area (Å²) in [5, 5.41) is 9.99. The SMILES string of the molecule is Nc1n[nH]c2cccc(C#Cc3cccc(C(=O)Nc4cccc(C(F)(F)F)c4)c3)c12. The molecule has 0 fully saturated rings. The molecule has 0 unspecified atom stereocenters. The maximum absolute atomic E-state index is 12.9. The summed E-state index contributed by atoms with van der Waals surface area (Å²) in [6.07, 6.45) is -4.49. The zero-order chi connectivity index (χ0) is 22.0. The number of fused-ring (bicyclic) bond motifs is 1. The van der Waals surface area contributed by atoms with Crippen LogP contribution in [0, 0.1) is 11.8 Å². The van der Waals surface area contributed by atoms with Gasteiger partial charge < -0.3 is 11.1 Å². The highest BCUT2D eigenvalue weighted by molar-refractivity contribution is 6.04. The van der Waals surface area contributed by atoms with Crippen molar-refractivity contribution in [3.8, 4) is 11.8 Å². The number of halogens is 3. The van der Waals surface area contributed by atoms with Gasteiger partial charge in [0.25, 0.3) is 5.91 Å². The number of benzene rings is 3. The quantitative estimate of drug-likeness (QED) is 0.407. The van der Waals surface area contributed by atoms with E-state index in [1.54, 1.807) is 24.3 Å². The van der Waals surface area contributed by atoms with E-state index in [1.165, 1.54) is 12.1 Å². The van der Waals surface area contributed by atoms with Gasteiger partial charge in [0.1, 0.15) is 0 Å². The zero-order valence-electron chi connectivity index (χ0n) is 15.9. The van der Waals surface area contributed by atoms with Crippen molar-refractivity contribution in [3.63, 3.8) is 0 Å². The minimum absolute atomic E-state index is 0.0541. The number of alkyl halides is 3. The van der Waals surface area contributed by atoms with Crippen LogP contribution < -0.4 is 11.1 Å². The molecule has 4 rings (SSSR count). The summed E-state index contributed by atoms with van der Waals surface area (Å²) in [7, 11) is 0. The van der Waals surface area contributed by atoms with Crippen LogP contribution in [0.1, 0.15) is 27.0 Å². The number of nitrogens with two attached hydrogens (primary N) is 1. The predicted octanol–water partition coefficient (Wildman–Crippen LogP) is 4.82. The molecule has 8 heteroatoms. The van der Waals surface area contributed by atoms with E-state index in [2.05, 4.69) is 27.4 Å². The fourth-order valence-electron chi connectivity index (χ4n) is 3.06. The summed E-state index contributed by atoms with van der Waals surface area (Å²) in [5.41, 5.74) is 7.39. The molecule has 0 aliphatic rings. The second-order valence-electron chi connectivity index (χ2n) is 6.70. The lowest BCUT2D eigenvalue weighted by Gasteiger charge is -2.10. The number of H-pyrrole nitrogens is 1. The highest BCUT2D eigenvalue weighted by Crippen LogP contribution is 2.30. The fourth-order valence-corrected chi connectivity index (χ4v) is 3.06. The third-order valence-corrected chi connectivity index (χ3v) is 4.53. The van der Waals surface area contributed by atoms with Gasteiger partial charge in [-0.1, -0.05) is 30.0 Å². The number of nitrogens with zero attached hydrogens (tertiary/aromatic N) is 1. The molecule has 1 aromatic heterocycles. The topological polar surface area (TPSA) is 83.8 Å². The molecule has 1 amide bonds. The molecular weight excluding hydrogens is 405 g/mol. The van der Waals surface area contributed by atoms with E-state index in [9.17, 15) is 18.0 Å². The van der Waals surface area contributed by atoms with Crippen LogP contribution >= 0.6 is 0 Å². The van der Waals surface area contributed by atoms with Gasteiger partial charge in [-0.05, 0) is 48.5 Å². The van der Waals surface area contributed by atoms with Crippen LogP contribution in [-0.2, 0) is 6.18 Å². The van der Waals surface area contributed by atoms with Gasteiger partial charge in [-0.15, -0.1) is 0 Å². The number of hydrogen-bond donors (Lipinski definition) is 3. The zero-order valence-corrected chi connectivity index (χ0v) is 15.9. The van der Waals surface area contributed by atoms with Crippen molar-refractivity contribution in [3.05, 3.63) is 89.0 Å². The van der Waals surface area contributed by atoms with Crippen LogP contribution in [0.5, 0.6) is 0 Å².